The lowest BCUT2D eigenvalue weighted by Gasteiger charge is -2.22. The van der Waals surface area contributed by atoms with E-state index >= 15 is 0 Å². The van der Waals surface area contributed by atoms with Gasteiger partial charge in [0.15, 0.2) is 0 Å². The fourth-order valence-electron chi connectivity index (χ4n) is 3.56. The first kappa shape index (κ1) is 16.3. The zero-order chi connectivity index (χ0) is 17.2. The minimum atomic E-state index is -0.221. The normalized spacial score (nSPS) is 17.0. The molecule has 1 aliphatic heterocycles. The number of hydrogen-bond acceptors (Lipinski definition) is 4. The number of aryl methyl sites for hydroxylation is 1. The van der Waals surface area contributed by atoms with Gasteiger partial charge in [0, 0.05) is 36.6 Å². The highest BCUT2D eigenvalue weighted by atomic mass is 19.1. The fraction of sp³-hybridized carbons (Fsp3) is 0.450. The van der Waals surface area contributed by atoms with Gasteiger partial charge in [-0.25, -0.2) is 4.39 Å². The van der Waals surface area contributed by atoms with E-state index in [0.717, 1.165) is 49.1 Å². The third-order valence-corrected chi connectivity index (χ3v) is 5.09. The molecule has 1 aromatic carbocycles. The Hall–Kier alpha value is -2.14. The van der Waals surface area contributed by atoms with Crippen LogP contribution in [0.5, 0.6) is 0 Å². The van der Waals surface area contributed by atoms with Crippen molar-refractivity contribution in [3.63, 3.8) is 0 Å². The number of halogens is 1. The summed E-state index contributed by atoms with van der Waals surface area (Å²) in [4.78, 5) is 9.25. The molecule has 0 bridgehead atoms. The molecule has 1 aromatic heterocycles. The largest absolute Gasteiger partial charge is 0.396 e. The maximum absolute atomic E-state index is 14.1. The minimum absolute atomic E-state index is 0.188. The molecule has 1 aliphatic carbocycles. The highest BCUT2D eigenvalue weighted by Crippen LogP contribution is 2.30. The molecule has 2 aliphatic rings. The maximum Gasteiger partial charge on any atom is 0.132 e. The Labute approximate surface area is 147 Å². The van der Waals surface area contributed by atoms with Crippen LogP contribution in [0.4, 0.5) is 4.39 Å². The van der Waals surface area contributed by atoms with Gasteiger partial charge in [0.25, 0.3) is 0 Å². The van der Waals surface area contributed by atoms with E-state index < -0.39 is 0 Å². The van der Waals surface area contributed by atoms with Crippen molar-refractivity contribution in [2.24, 2.45) is 0 Å². The van der Waals surface area contributed by atoms with Crippen molar-refractivity contribution in [1.29, 1.82) is 0 Å². The fourth-order valence-corrected chi connectivity index (χ4v) is 3.56. The van der Waals surface area contributed by atoms with Gasteiger partial charge < -0.3 is 14.9 Å². The number of aromatic nitrogens is 1. The molecule has 0 atom stereocenters. The lowest BCUT2D eigenvalue weighted by Crippen LogP contribution is -2.27. The van der Waals surface area contributed by atoms with Crippen molar-refractivity contribution in [3.8, 4) is 0 Å². The van der Waals surface area contributed by atoms with Gasteiger partial charge in [0.05, 0.1) is 18.9 Å². The third-order valence-electron chi connectivity index (χ3n) is 5.09. The molecule has 4 nitrogen and oxygen atoms in total. The van der Waals surface area contributed by atoms with Crippen LogP contribution in [0.25, 0.3) is 10.8 Å². The first-order valence-corrected chi connectivity index (χ1v) is 9.10. The minimum Gasteiger partial charge on any atom is -0.396 e. The molecule has 0 amide bonds. The third kappa shape index (κ3) is 3.47. The summed E-state index contributed by atoms with van der Waals surface area (Å²) in [7, 11) is 0. The number of pyridine rings is 1. The van der Waals surface area contributed by atoms with E-state index in [0.29, 0.717) is 11.4 Å². The van der Waals surface area contributed by atoms with Crippen molar-refractivity contribution >= 4 is 10.8 Å². The molecule has 5 heteroatoms. The second kappa shape index (κ2) is 7.00. The Balaban J connectivity index is 1.60. The van der Waals surface area contributed by atoms with Gasteiger partial charge in [0.1, 0.15) is 5.82 Å². The van der Waals surface area contributed by atoms with Crippen LogP contribution in [-0.2, 0) is 13.0 Å². The average molecular weight is 341 g/mol. The number of unbranched alkanes of at least 4 members (excludes halogenated alkanes) is 1. The Kier molecular flexibility index (Phi) is 4.57. The summed E-state index contributed by atoms with van der Waals surface area (Å²) in [5.41, 5.74) is 2.13. The standard InChI is InChI=1S/C20H24FN3O/c21-19-6-3-5-16-17(4-1-2-11-25)20(22-12-18(16)19)13-23-9-10-24(14-23)15-7-8-15/h3,5-6,9-10,12,15,25H,1-2,4,7-8,11,13-14H2. The summed E-state index contributed by atoms with van der Waals surface area (Å²) in [6, 6.07) is 5.94. The number of aliphatic hydroxyl groups excluding tert-OH is 1. The van der Waals surface area contributed by atoms with Gasteiger partial charge >= 0.3 is 0 Å². The van der Waals surface area contributed by atoms with E-state index in [1.54, 1.807) is 12.3 Å². The Bertz CT molecular complexity index is 788. The van der Waals surface area contributed by atoms with E-state index in [2.05, 4.69) is 27.2 Å². The van der Waals surface area contributed by atoms with E-state index in [4.69, 9.17) is 5.11 Å². The molecule has 1 saturated carbocycles. The molecular weight excluding hydrogens is 317 g/mol. The summed E-state index contributed by atoms with van der Waals surface area (Å²) in [5, 5.41) is 10.6. The van der Waals surface area contributed by atoms with Crippen molar-refractivity contribution < 1.29 is 9.50 Å². The predicted molar refractivity (Wildman–Crippen MR) is 96.1 cm³/mol. The van der Waals surface area contributed by atoms with Crippen LogP contribution in [0.3, 0.4) is 0 Å². The second-order valence-electron chi connectivity index (χ2n) is 7.00. The summed E-state index contributed by atoms with van der Waals surface area (Å²) in [6.07, 6.45) is 11.0. The van der Waals surface area contributed by atoms with Gasteiger partial charge in [-0.2, -0.15) is 0 Å². The SMILES string of the molecule is OCCCCc1c(CN2C=CN(C3CC3)C2)ncc2c(F)cccc12. The second-order valence-corrected chi connectivity index (χ2v) is 7.00. The highest BCUT2D eigenvalue weighted by Gasteiger charge is 2.30. The Morgan fingerprint density at radius 2 is 2.04 bits per heavy atom. The van der Waals surface area contributed by atoms with Crippen LogP contribution < -0.4 is 0 Å². The summed E-state index contributed by atoms with van der Waals surface area (Å²) < 4.78 is 14.1. The first-order chi connectivity index (χ1) is 12.3. The van der Waals surface area contributed by atoms with Gasteiger partial charge in [-0.1, -0.05) is 12.1 Å². The molecule has 0 spiro atoms. The maximum atomic E-state index is 14.1. The molecule has 132 valence electrons. The molecule has 2 heterocycles. The highest BCUT2D eigenvalue weighted by molar-refractivity contribution is 5.86. The van der Waals surface area contributed by atoms with Crippen molar-refractivity contribution in [3.05, 3.63) is 53.9 Å². The lowest BCUT2D eigenvalue weighted by molar-refractivity contribution is 0.251. The van der Waals surface area contributed by atoms with Crippen molar-refractivity contribution in [2.45, 2.75) is 44.7 Å². The zero-order valence-corrected chi connectivity index (χ0v) is 14.4. The number of nitrogens with zero attached hydrogens (tertiary/aromatic N) is 3. The van der Waals surface area contributed by atoms with Crippen LogP contribution in [-0.4, -0.2) is 39.2 Å². The molecular formula is C20H24FN3O. The van der Waals surface area contributed by atoms with Gasteiger partial charge in [0.2, 0.25) is 0 Å². The van der Waals surface area contributed by atoms with E-state index in [1.807, 2.05) is 6.07 Å². The van der Waals surface area contributed by atoms with Gasteiger partial charge in [-0.05, 0) is 49.1 Å². The van der Waals surface area contributed by atoms with Crippen molar-refractivity contribution in [1.82, 2.24) is 14.8 Å². The van der Waals surface area contributed by atoms with Crippen LogP contribution in [0.2, 0.25) is 0 Å². The van der Waals surface area contributed by atoms with E-state index in [-0.39, 0.29) is 12.4 Å². The predicted octanol–water partition coefficient (Wildman–Crippen LogP) is 3.40. The number of aliphatic hydroxyl groups is 1. The number of hydrogen-bond donors (Lipinski definition) is 1. The molecule has 4 rings (SSSR count). The zero-order valence-electron chi connectivity index (χ0n) is 14.4. The summed E-state index contributed by atoms with van der Waals surface area (Å²) in [5.74, 6) is -0.221. The summed E-state index contributed by atoms with van der Waals surface area (Å²) >= 11 is 0. The Morgan fingerprint density at radius 1 is 1.16 bits per heavy atom. The molecule has 0 radical (unpaired) electrons. The molecule has 1 fully saturated rings. The van der Waals surface area contributed by atoms with E-state index in [1.165, 1.54) is 18.9 Å². The van der Waals surface area contributed by atoms with E-state index in [9.17, 15) is 4.39 Å². The number of fused-ring (bicyclic) bond motifs is 1. The monoisotopic (exact) mass is 341 g/mol. The number of benzene rings is 1. The molecule has 0 saturated heterocycles. The van der Waals surface area contributed by atoms with Crippen LogP contribution >= 0.6 is 0 Å². The summed E-state index contributed by atoms with van der Waals surface area (Å²) in [6.45, 7) is 1.83. The molecule has 25 heavy (non-hydrogen) atoms. The van der Waals surface area contributed by atoms with Crippen LogP contribution in [0.15, 0.2) is 36.8 Å². The van der Waals surface area contributed by atoms with Crippen LogP contribution in [0, 0.1) is 5.82 Å². The first-order valence-electron chi connectivity index (χ1n) is 9.10. The number of rotatable bonds is 7. The topological polar surface area (TPSA) is 39.6 Å². The van der Waals surface area contributed by atoms with Crippen LogP contribution in [0.1, 0.15) is 36.9 Å². The quantitative estimate of drug-likeness (QED) is 0.784. The van der Waals surface area contributed by atoms with Gasteiger partial charge in [-0.15, -0.1) is 0 Å². The average Bonchev–Trinajstić information content (AvgIpc) is 3.36. The lowest BCUT2D eigenvalue weighted by atomic mass is 9.99. The van der Waals surface area contributed by atoms with Crippen molar-refractivity contribution in [2.75, 3.05) is 13.3 Å². The van der Waals surface area contributed by atoms with Gasteiger partial charge in [-0.3, -0.25) is 4.98 Å². The molecule has 1 N–H and O–H groups in total. The molecule has 0 unspecified atom stereocenters. The smallest absolute Gasteiger partial charge is 0.132 e. The molecule has 2 aromatic rings. The Morgan fingerprint density at radius 3 is 2.84 bits per heavy atom.